The Balaban J connectivity index is 2.68. The number of amides is 2. The lowest BCUT2D eigenvalue weighted by Gasteiger charge is -2.22. The maximum Gasteiger partial charge on any atom is 0.326 e. The first-order valence-electron chi connectivity index (χ1n) is 6.16. The van der Waals surface area contributed by atoms with Crippen molar-refractivity contribution in [2.45, 2.75) is 20.8 Å². The molecule has 2 amide bonds. The largest absolute Gasteiger partial charge is 0.343 e. The van der Waals surface area contributed by atoms with Crippen molar-refractivity contribution in [3.05, 3.63) is 28.2 Å². The molecule has 0 aliphatic rings. The number of hydrogen-bond donors (Lipinski definition) is 3. The van der Waals surface area contributed by atoms with Gasteiger partial charge >= 0.3 is 6.03 Å². The Morgan fingerprint density at radius 2 is 2.00 bits per heavy atom. The molecule has 6 heteroatoms. The van der Waals surface area contributed by atoms with Crippen LogP contribution < -0.4 is 10.6 Å². The van der Waals surface area contributed by atoms with Gasteiger partial charge in [0.1, 0.15) is 0 Å². The summed E-state index contributed by atoms with van der Waals surface area (Å²) in [5, 5.41) is 13.1. The highest BCUT2D eigenvalue weighted by Crippen LogP contribution is 2.25. The second-order valence-electron chi connectivity index (χ2n) is 4.03. The van der Waals surface area contributed by atoms with Gasteiger partial charge in [-0.1, -0.05) is 12.1 Å². The van der Waals surface area contributed by atoms with Crippen molar-refractivity contribution in [2.24, 2.45) is 0 Å². The topological polar surface area (TPSA) is 68.2 Å². The van der Waals surface area contributed by atoms with Crippen molar-refractivity contribution >= 4 is 33.6 Å². The second kappa shape index (κ2) is 7.13. The Hall–Kier alpha value is -1.56. The van der Waals surface area contributed by atoms with Crippen LogP contribution in [0.5, 0.6) is 0 Å². The minimum absolute atomic E-state index is 0.104. The van der Waals surface area contributed by atoms with E-state index in [1.807, 2.05) is 39.0 Å². The zero-order valence-electron chi connectivity index (χ0n) is 11.4. The third-order valence-corrected chi connectivity index (χ3v) is 3.43. The molecule has 1 aromatic carbocycles. The summed E-state index contributed by atoms with van der Waals surface area (Å²) in [6.07, 6.45) is 0. The number of nitrogens with one attached hydrogen (secondary N) is 3. The normalized spacial score (nSPS) is 9.89. The predicted octanol–water partition coefficient (Wildman–Crippen LogP) is 3.16. The van der Waals surface area contributed by atoms with E-state index < -0.39 is 6.03 Å². The molecule has 0 unspecified atom stereocenters. The highest BCUT2D eigenvalue weighted by Gasteiger charge is 2.11. The molecule has 1 rings (SSSR count). The van der Waals surface area contributed by atoms with Crippen molar-refractivity contribution in [1.82, 2.24) is 10.2 Å². The van der Waals surface area contributed by atoms with Crippen LogP contribution in [-0.4, -0.2) is 30.0 Å². The fourth-order valence-electron chi connectivity index (χ4n) is 1.66. The van der Waals surface area contributed by atoms with Gasteiger partial charge in [0.25, 0.3) is 0 Å². The molecule has 0 fully saturated rings. The van der Waals surface area contributed by atoms with Crippen LogP contribution in [0.25, 0.3) is 0 Å². The molecule has 0 saturated carbocycles. The molecule has 1 aromatic rings. The summed E-state index contributed by atoms with van der Waals surface area (Å²) >= 11 is 3.39. The summed E-state index contributed by atoms with van der Waals surface area (Å²) in [5.74, 6) is 0.104. The van der Waals surface area contributed by atoms with Gasteiger partial charge in [0.2, 0.25) is 0 Å². The first-order chi connectivity index (χ1) is 8.99. The number of guanidine groups is 1. The summed E-state index contributed by atoms with van der Waals surface area (Å²) < 4.78 is 0.817. The number of urea groups is 1. The lowest BCUT2D eigenvalue weighted by atomic mass is 10.2. The second-order valence-corrected chi connectivity index (χ2v) is 4.89. The van der Waals surface area contributed by atoms with Crippen LogP contribution in [0, 0.1) is 12.3 Å². The van der Waals surface area contributed by atoms with Gasteiger partial charge in [0.15, 0.2) is 5.96 Å². The van der Waals surface area contributed by atoms with Crippen LogP contribution in [0.3, 0.4) is 0 Å². The molecule has 0 aliphatic heterocycles. The van der Waals surface area contributed by atoms with Gasteiger partial charge in [-0.05, 0) is 48.3 Å². The molecule has 0 radical (unpaired) electrons. The van der Waals surface area contributed by atoms with Gasteiger partial charge in [0.05, 0.1) is 5.69 Å². The molecule has 19 heavy (non-hydrogen) atoms. The van der Waals surface area contributed by atoms with E-state index in [0.29, 0.717) is 18.8 Å². The van der Waals surface area contributed by atoms with Gasteiger partial charge in [0, 0.05) is 17.6 Å². The van der Waals surface area contributed by atoms with E-state index in [0.717, 1.165) is 10.0 Å². The maximum absolute atomic E-state index is 11.9. The minimum atomic E-state index is -0.410. The van der Waals surface area contributed by atoms with Crippen molar-refractivity contribution < 1.29 is 4.79 Å². The van der Waals surface area contributed by atoms with E-state index in [9.17, 15) is 4.79 Å². The summed E-state index contributed by atoms with van der Waals surface area (Å²) in [7, 11) is 0. The quantitative estimate of drug-likeness (QED) is 0.590. The van der Waals surface area contributed by atoms with E-state index in [2.05, 4.69) is 26.6 Å². The molecule has 0 heterocycles. The standard InChI is InChI=1S/C13H19BrN4O/c1-4-18(5-2)12(15)17-13(19)16-11-9(3)7-6-8-10(11)14/h6-8H,4-5H2,1-3H3,(H3,15,16,17,19). The lowest BCUT2D eigenvalue weighted by molar-refractivity contribution is 0.254. The zero-order chi connectivity index (χ0) is 14.4. The SMILES string of the molecule is CCN(CC)C(=N)NC(=O)Nc1c(C)cccc1Br. The average molecular weight is 327 g/mol. The fraction of sp³-hybridized carbons (Fsp3) is 0.385. The number of halogens is 1. The molecule has 3 N–H and O–H groups in total. The molecule has 0 spiro atoms. The van der Waals surface area contributed by atoms with E-state index >= 15 is 0 Å². The molecule has 0 aromatic heterocycles. The molecule has 104 valence electrons. The molecule has 0 atom stereocenters. The number of aryl methyl sites for hydroxylation is 1. The Morgan fingerprint density at radius 3 is 2.53 bits per heavy atom. The Bertz CT molecular complexity index is 451. The smallest absolute Gasteiger partial charge is 0.326 e. The number of anilines is 1. The Labute approximate surface area is 122 Å². The number of carbonyl (C=O) groups is 1. The number of rotatable bonds is 3. The van der Waals surface area contributed by atoms with E-state index in [1.165, 1.54) is 0 Å². The number of benzene rings is 1. The Kier molecular flexibility index (Phi) is 5.82. The van der Waals surface area contributed by atoms with Gasteiger partial charge in [-0.25, -0.2) is 4.79 Å². The zero-order valence-corrected chi connectivity index (χ0v) is 13.0. The van der Waals surface area contributed by atoms with Gasteiger partial charge < -0.3 is 10.2 Å². The van der Waals surface area contributed by atoms with Crippen molar-refractivity contribution in [3.63, 3.8) is 0 Å². The summed E-state index contributed by atoms with van der Waals surface area (Å²) in [5.41, 5.74) is 1.67. The average Bonchev–Trinajstić information content (AvgIpc) is 2.35. The van der Waals surface area contributed by atoms with Crippen molar-refractivity contribution in [3.8, 4) is 0 Å². The Morgan fingerprint density at radius 1 is 1.37 bits per heavy atom. The first-order valence-corrected chi connectivity index (χ1v) is 6.95. The third kappa shape index (κ3) is 4.24. The predicted molar refractivity (Wildman–Crippen MR) is 81.7 cm³/mol. The van der Waals surface area contributed by atoms with Crippen LogP contribution in [0.1, 0.15) is 19.4 Å². The molecule has 0 bridgehead atoms. The molecular formula is C13H19BrN4O. The number of carbonyl (C=O) groups excluding carboxylic acids is 1. The first kappa shape index (κ1) is 15.5. The summed E-state index contributed by atoms with van der Waals surface area (Å²) in [6, 6.07) is 5.27. The van der Waals surface area contributed by atoms with Crippen molar-refractivity contribution in [2.75, 3.05) is 18.4 Å². The van der Waals surface area contributed by atoms with Gasteiger partial charge in [-0.2, -0.15) is 0 Å². The lowest BCUT2D eigenvalue weighted by Crippen LogP contribution is -2.45. The molecule has 5 nitrogen and oxygen atoms in total. The van der Waals surface area contributed by atoms with Crippen molar-refractivity contribution in [1.29, 1.82) is 5.41 Å². The molecule has 0 aliphatic carbocycles. The summed E-state index contributed by atoms with van der Waals surface area (Å²) in [4.78, 5) is 13.6. The van der Waals surface area contributed by atoms with Crippen LogP contribution in [0.4, 0.5) is 10.5 Å². The highest BCUT2D eigenvalue weighted by molar-refractivity contribution is 9.10. The van der Waals surface area contributed by atoms with Gasteiger partial charge in [-0.15, -0.1) is 0 Å². The molecule has 0 saturated heterocycles. The van der Waals surface area contributed by atoms with E-state index in [1.54, 1.807) is 4.90 Å². The fourth-order valence-corrected chi connectivity index (χ4v) is 2.23. The molecular weight excluding hydrogens is 308 g/mol. The number of nitrogens with zero attached hydrogens (tertiary/aromatic N) is 1. The van der Waals surface area contributed by atoms with Gasteiger partial charge in [-0.3, -0.25) is 10.7 Å². The number of para-hydroxylation sites is 1. The third-order valence-electron chi connectivity index (χ3n) is 2.77. The highest BCUT2D eigenvalue weighted by atomic mass is 79.9. The van der Waals surface area contributed by atoms with E-state index in [4.69, 9.17) is 5.41 Å². The van der Waals surface area contributed by atoms with Crippen LogP contribution in [0.15, 0.2) is 22.7 Å². The minimum Gasteiger partial charge on any atom is -0.343 e. The van der Waals surface area contributed by atoms with Crippen LogP contribution in [-0.2, 0) is 0 Å². The van der Waals surface area contributed by atoms with Crippen LogP contribution >= 0.6 is 15.9 Å². The maximum atomic E-state index is 11.9. The van der Waals surface area contributed by atoms with Crippen LogP contribution in [0.2, 0.25) is 0 Å². The number of hydrogen-bond acceptors (Lipinski definition) is 2. The van der Waals surface area contributed by atoms with E-state index in [-0.39, 0.29) is 5.96 Å². The summed E-state index contributed by atoms with van der Waals surface area (Å²) in [6.45, 7) is 7.16. The monoisotopic (exact) mass is 326 g/mol.